The molecule has 0 fully saturated rings. The first-order valence-corrected chi connectivity index (χ1v) is 6.91. The number of nitrogens with two attached hydrogens (primary N) is 1. The van der Waals surface area contributed by atoms with Crippen molar-refractivity contribution < 1.29 is 9.90 Å². The van der Waals surface area contributed by atoms with E-state index in [4.69, 9.17) is 17.3 Å². The van der Waals surface area contributed by atoms with Crippen molar-refractivity contribution in [2.75, 3.05) is 11.1 Å². The molecule has 0 aliphatic carbocycles. The predicted molar refractivity (Wildman–Crippen MR) is 85.0 cm³/mol. The van der Waals surface area contributed by atoms with Crippen molar-refractivity contribution in [1.29, 1.82) is 0 Å². The third-order valence-corrected chi connectivity index (χ3v) is 3.68. The Balaban J connectivity index is 2.50. The maximum Gasteiger partial charge on any atom is 0.337 e. The number of carbonyl (C=O) groups is 1. The van der Waals surface area contributed by atoms with E-state index >= 15 is 0 Å². The van der Waals surface area contributed by atoms with E-state index < -0.39 is 5.97 Å². The van der Waals surface area contributed by atoms with Crippen LogP contribution in [0.2, 0.25) is 5.02 Å². The molecule has 0 unspecified atom stereocenters. The Morgan fingerprint density at radius 2 is 2.05 bits per heavy atom. The summed E-state index contributed by atoms with van der Waals surface area (Å²) < 4.78 is 0.821. The average Bonchev–Trinajstić information content (AvgIpc) is 2.34. The number of anilines is 3. The summed E-state index contributed by atoms with van der Waals surface area (Å²) in [6, 6.07) is 8.57. The normalized spacial score (nSPS) is 10.3. The Morgan fingerprint density at radius 3 is 2.65 bits per heavy atom. The molecule has 4 N–H and O–H groups in total. The number of aryl methyl sites for hydroxylation is 1. The minimum absolute atomic E-state index is 0.0301. The molecule has 0 saturated heterocycles. The first-order valence-electron chi connectivity index (χ1n) is 5.74. The SMILES string of the molecule is Cc1ccc(Nc2c(Cl)cc(N)cc2C(=O)O)c(Br)c1. The van der Waals surface area contributed by atoms with Gasteiger partial charge in [-0.05, 0) is 52.7 Å². The van der Waals surface area contributed by atoms with Crippen LogP contribution in [-0.2, 0) is 0 Å². The standard InChI is InChI=1S/C14H12BrClN2O2/c1-7-2-3-12(10(15)4-7)18-13-9(14(19)20)5-8(17)6-11(13)16/h2-6,18H,17H2,1H3,(H,19,20). The molecule has 104 valence electrons. The van der Waals surface area contributed by atoms with Gasteiger partial charge in [-0.15, -0.1) is 0 Å². The molecule has 0 bridgehead atoms. The van der Waals surface area contributed by atoms with Gasteiger partial charge in [0.25, 0.3) is 0 Å². The second-order valence-corrected chi connectivity index (χ2v) is 5.60. The minimum Gasteiger partial charge on any atom is -0.478 e. The van der Waals surface area contributed by atoms with E-state index in [0.29, 0.717) is 11.4 Å². The fourth-order valence-corrected chi connectivity index (χ4v) is 2.65. The molecule has 0 spiro atoms. The zero-order valence-electron chi connectivity index (χ0n) is 10.6. The number of nitrogen functional groups attached to an aromatic ring is 1. The van der Waals surface area contributed by atoms with Gasteiger partial charge in [-0.1, -0.05) is 17.7 Å². The summed E-state index contributed by atoms with van der Waals surface area (Å²) >= 11 is 9.52. The van der Waals surface area contributed by atoms with E-state index in [1.807, 2.05) is 25.1 Å². The summed E-state index contributed by atoms with van der Waals surface area (Å²) in [4.78, 5) is 11.3. The quantitative estimate of drug-likeness (QED) is 0.712. The summed E-state index contributed by atoms with van der Waals surface area (Å²) in [7, 11) is 0. The Bertz CT molecular complexity index is 689. The summed E-state index contributed by atoms with van der Waals surface area (Å²) in [6.07, 6.45) is 0. The van der Waals surface area contributed by atoms with Crippen LogP contribution in [0.15, 0.2) is 34.8 Å². The highest BCUT2D eigenvalue weighted by molar-refractivity contribution is 9.10. The van der Waals surface area contributed by atoms with E-state index in [1.54, 1.807) is 0 Å². The van der Waals surface area contributed by atoms with E-state index in [1.165, 1.54) is 12.1 Å². The maximum atomic E-state index is 11.3. The molecule has 2 aromatic rings. The number of benzene rings is 2. The van der Waals surface area contributed by atoms with Crippen LogP contribution in [0.4, 0.5) is 17.1 Å². The molecular weight excluding hydrogens is 344 g/mol. The van der Waals surface area contributed by atoms with Crippen LogP contribution >= 0.6 is 27.5 Å². The molecule has 0 saturated carbocycles. The van der Waals surface area contributed by atoms with Gasteiger partial charge in [0.1, 0.15) is 0 Å². The Labute approximate surface area is 129 Å². The van der Waals surface area contributed by atoms with Gasteiger partial charge < -0.3 is 16.2 Å². The zero-order chi connectivity index (χ0) is 14.9. The lowest BCUT2D eigenvalue weighted by Crippen LogP contribution is -2.05. The molecule has 0 aliphatic heterocycles. The molecule has 0 atom stereocenters. The third-order valence-electron chi connectivity index (χ3n) is 2.73. The van der Waals surface area contributed by atoms with Crippen molar-refractivity contribution in [3.63, 3.8) is 0 Å². The lowest BCUT2D eigenvalue weighted by atomic mass is 10.1. The predicted octanol–water partition coefficient (Wildman–Crippen LogP) is 4.43. The van der Waals surface area contributed by atoms with Crippen LogP contribution in [0, 0.1) is 6.92 Å². The summed E-state index contributed by atoms with van der Waals surface area (Å²) in [5, 5.41) is 12.5. The van der Waals surface area contributed by atoms with Gasteiger partial charge in [0, 0.05) is 10.2 Å². The Morgan fingerprint density at radius 1 is 1.35 bits per heavy atom. The van der Waals surface area contributed by atoms with E-state index in [9.17, 15) is 9.90 Å². The van der Waals surface area contributed by atoms with Gasteiger partial charge in [0.2, 0.25) is 0 Å². The van der Waals surface area contributed by atoms with Crippen molar-refractivity contribution in [3.05, 3.63) is 51.0 Å². The topological polar surface area (TPSA) is 75.3 Å². The van der Waals surface area contributed by atoms with Gasteiger partial charge in [-0.3, -0.25) is 0 Å². The van der Waals surface area contributed by atoms with Crippen LogP contribution in [0.1, 0.15) is 15.9 Å². The fraction of sp³-hybridized carbons (Fsp3) is 0.0714. The third kappa shape index (κ3) is 3.05. The van der Waals surface area contributed by atoms with E-state index in [-0.39, 0.29) is 10.6 Å². The number of rotatable bonds is 3. The average molecular weight is 356 g/mol. The van der Waals surface area contributed by atoms with E-state index in [0.717, 1.165) is 15.7 Å². The number of hydrogen-bond donors (Lipinski definition) is 3. The van der Waals surface area contributed by atoms with Gasteiger partial charge in [-0.25, -0.2) is 4.79 Å². The van der Waals surface area contributed by atoms with Crippen molar-refractivity contribution >= 4 is 50.6 Å². The number of halogens is 2. The van der Waals surface area contributed by atoms with E-state index in [2.05, 4.69) is 21.2 Å². The largest absolute Gasteiger partial charge is 0.478 e. The van der Waals surface area contributed by atoms with Gasteiger partial charge in [0.05, 0.1) is 22.0 Å². The minimum atomic E-state index is -1.09. The fourth-order valence-electron chi connectivity index (χ4n) is 1.78. The van der Waals surface area contributed by atoms with Crippen molar-refractivity contribution in [1.82, 2.24) is 0 Å². The van der Waals surface area contributed by atoms with Gasteiger partial charge in [-0.2, -0.15) is 0 Å². The highest BCUT2D eigenvalue weighted by atomic mass is 79.9. The highest BCUT2D eigenvalue weighted by Crippen LogP contribution is 2.34. The van der Waals surface area contributed by atoms with Crippen molar-refractivity contribution in [3.8, 4) is 0 Å². The van der Waals surface area contributed by atoms with Crippen LogP contribution in [0.25, 0.3) is 0 Å². The molecule has 2 aromatic carbocycles. The van der Waals surface area contributed by atoms with Crippen LogP contribution in [0.5, 0.6) is 0 Å². The van der Waals surface area contributed by atoms with Crippen molar-refractivity contribution in [2.24, 2.45) is 0 Å². The highest BCUT2D eigenvalue weighted by Gasteiger charge is 2.16. The van der Waals surface area contributed by atoms with Gasteiger partial charge in [0.15, 0.2) is 0 Å². The number of carboxylic acids is 1. The molecule has 0 radical (unpaired) electrons. The first-order chi connectivity index (χ1) is 9.38. The summed E-state index contributed by atoms with van der Waals surface area (Å²) in [6.45, 7) is 1.97. The summed E-state index contributed by atoms with van der Waals surface area (Å²) in [5.41, 5.74) is 8.09. The molecule has 0 amide bonds. The Hall–Kier alpha value is -1.72. The molecule has 20 heavy (non-hydrogen) atoms. The number of aromatic carboxylic acids is 1. The molecule has 4 nitrogen and oxygen atoms in total. The number of carboxylic acid groups (broad SMARTS) is 1. The Kier molecular flexibility index (Phi) is 4.20. The lowest BCUT2D eigenvalue weighted by Gasteiger charge is -2.14. The number of hydrogen-bond acceptors (Lipinski definition) is 3. The molecule has 6 heteroatoms. The second kappa shape index (κ2) is 5.73. The molecule has 0 heterocycles. The second-order valence-electron chi connectivity index (χ2n) is 4.34. The van der Waals surface area contributed by atoms with Crippen LogP contribution < -0.4 is 11.1 Å². The number of nitrogens with one attached hydrogen (secondary N) is 1. The summed E-state index contributed by atoms with van der Waals surface area (Å²) in [5.74, 6) is -1.09. The molecule has 2 rings (SSSR count). The molecule has 0 aliphatic rings. The maximum absolute atomic E-state index is 11.3. The molecule has 0 aromatic heterocycles. The van der Waals surface area contributed by atoms with Crippen molar-refractivity contribution in [2.45, 2.75) is 6.92 Å². The smallest absolute Gasteiger partial charge is 0.337 e. The zero-order valence-corrected chi connectivity index (χ0v) is 12.9. The van der Waals surface area contributed by atoms with Gasteiger partial charge >= 0.3 is 5.97 Å². The monoisotopic (exact) mass is 354 g/mol. The van der Waals surface area contributed by atoms with Crippen LogP contribution in [-0.4, -0.2) is 11.1 Å². The lowest BCUT2D eigenvalue weighted by molar-refractivity contribution is 0.0698. The van der Waals surface area contributed by atoms with Crippen LogP contribution in [0.3, 0.4) is 0 Å². The first kappa shape index (κ1) is 14.7. The molecular formula is C14H12BrClN2O2.